The van der Waals surface area contributed by atoms with Gasteiger partial charge in [0.1, 0.15) is 5.75 Å². The molecule has 1 fully saturated rings. The molecule has 2 N–H and O–H groups in total. The molecule has 1 aromatic rings. The lowest BCUT2D eigenvalue weighted by Gasteiger charge is -2.24. The quantitative estimate of drug-likeness (QED) is 0.782. The average Bonchev–Trinajstić information content (AvgIpc) is 3.27. The number of benzene rings is 1. The molecule has 3 heteroatoms. The molecular formula is C16H25NO2. The molecule has 2 atom stereocenters. The molecule has 1 saturated carbocycles. The van der Waals surface area contributed by atoms with E-state index in [0.717, 1.165) is 36.7 Å². The number of methoxy groups -OCH3 is 1. The van der Waals surface area contributed by atoms with E-state index in [2.05, 4.69) is 13.0 Å². The Labute approximate surface area is 116 Å². The first-order valence-corrected chi connectivity index (χ1v) is 7.25. The highest BCUT2D eigenvalue weighted by molar-refractivity contribution is 5.30. The van der Waals surface area contributed by atoms with Gasteiger partial charge in [0.05, 0.1) is 13.2 Å². The Balaban J connectivity index is 2.01. The molecule has 0 radical (unpaired) electrons. The van der Waals surface area contributed by atoms with Crippen LogP contribution in [0.3, 0.4) is 0 Å². The summed E-state index contributed by atoms with van der Waals surface area (Å²) in [5.74, 6) is 1.75. The molecule has 1 aliphatic carbocycles. The van der Waals surface area contributed by atoms with Crippen LogP contribution in [0, 0.1) is 5.92 Å². The van der Waals surface area contributed by atoms with Crippen molar-refractivity contribution in [1.82, 2.24) is 0 Å². The van der Waals surface area contributed by atoms with Crippen LogP contribution >= 0.6 is 0 Å². The fourth-order valence-corrected chi connectivity index (χ4v) is 2.27. The van der Waals surface area contributed by atoms with Crippen molar-refractivity contribution in [3.8, 4) is 5.75 Å². The van der Waals surface area contributed by atoms with Gasteiger partial charge in [0, 0.05) is 12.6 Å². The lowest BCUT2D eigenvalue weighted by Crippen LogP contribution is -2.30. The maximum absolute atomic E-state index is 6.21. The van der Waals surface area contributed by atoms with Gasteiger partial charge in [-0.3, -0.25) is 0 Å². The minimum atomic E-state index is -0.0288. The molecule has 0 aromatic heterocycles. The van der Waals surface area contributed by atoms with Crippen LogP contribution in [0.2, 0.25) is 0 Å². The van der Waals surface area contributed by atoms with E-state index in [1.54, 1.807) is 7.11 Å². The first-order valence-electron chi connectivity index (χ1n) is 7.25. The van der Waals surface area contributed by atoms with E-state index < -0.39 is 0 Å². The zero-order chi connectivity index (χ0) is 13.7. The summed E-state index contributed by atoms with van der Waals surface area (Å²) in [7, 11) is 1.68. The molecule has 0 saturated heterocycles. The smallest absolute Gasteiger partial charge is 0.119 e. The van der Waals surface area contributed by atoms with Gasteiger partial charge < -0.3 is 15.2 Å². The highest BCUT2D eigenvalue weighted by Gasteiger charge is 2.23. The second-order valence-corrected chi connectivity index (χ2v) is 5.37. The van der Waals surface area contributed by atoms with Gasteiger partial charge in [0.15, 0.2) is 0 Å². The zero-order valence-electron chi connectivity index (χ0n) is 12.0. The summed E-state index contributed by atoms with van der Waals surface area (Å²) in [6.45, 7) is 2.91. The molecule has 2 unspecified atom stereocenters. The number of hydrogen-bond donors (Lipinski definition) is 1. The first kappa shape index (κ1) is 14.4. The van der Waals surface area contributed by atoms with Crippen molar-refractivity contribution in [2.45, 2.75) is 44.8 Å². The van der Waals surface area contributed by atoms with Gasteiger partial charge in [-0.1, -0.05) is 31.9 Å². The molecular weight excluding hydrogens is 238 g/mol. The van der Waals surface area contributed by atoms with E-state index in [-0.39, 0.29) is 12.1 Å². The standard InChI is InChI=1S/C16H25NO2/c1-3-15(17)16(19-10-9-12-7-8-12)13-5-4-6-14(11-13)18-2/h4-6,11-12,15-16H,3,7-10,17H2,1-2H3. The van der Waals surface area contributed by atoms with Crippen LogP contribution in [0.4, 0.5) is 0 Å². The van der Waals surface area contributed by atoms with E-state index >= 15 is 0 Å². The SMILES string of the molecule is CCC(N)C(OCCC1CC1)c1cccc(OC)c1. The second kappa shape index (κ2) is 6.92. The van der Waals surface area contributed by atoms with E-state index in [9.17, 15) is 0 Å². The van der Waals surface area contributed by atoms with Crippen molar-refractivity contribution >= 4 is 0 Å². The van der Waals surface area contributed by atoms with Gasteiger partial charge in [0.2, 0.25) is 0 Å². The molecule has 0 heterocycles. The van der Waals surface area contributed by atoms with Crippen LogP contribution in [0.5, 0.6) is 5.75 Å². The van der Waals surface area contributed by atoms with E-state index in [1.165, 1.54) is 12.8 Å². The Kier molecular flexibility index (Phi) is 5.23. The number of ether oxygens (including phenoxy) is 2. The van der Waals surface area contributed by atoms with Crippen LogP contribution in [-0.4, -0.2) is 19.8 Å². The van der Waals surface area contributed by atoms with Gasteiger partial charge in [0.25, 0.3) is 0 Å². The Morgan fingerprint density at radius 2 is 2.16 bits per heavy atom. The van der Waals surface area contributed by atoms with Gasteiger partial charge in [-0.2, -0.15) is 0 Å². The minimum Gasteiger partial charge on any atom is -0.497 e. The summed E-state index contributed by atoms with van der Waals surface area (Å²) < 4.78 is 11.3. The summed E-state index contributed by atoms with van der Waals surface area (Å²) in [4.78, 5) is 0. The van der Waals surface area contributed by atoms with Crippen molar-refractivity contribution in [2.75, 3.05) is 13.7 Å². The maximum Gasteiger partial charge on any atom is 0.119 e. The summed E-state index contributed by atoms with van der Waals surface area (Å²) >= 11 is 0. The molecule has 19 heavy (non-hydrogen) atoms. The lowest BCUT2D eigenvalue weighted by atomic mass is 10.0. The Hall–Kier alpha value is -1.06. The van der Waals surface area contributed by atoms with E-state index in [4.69, 9.17) is 15.2 Å². The second-order valence-electron chi connectivity index (χ2n) is 5.37. The summed E-state index contributed by atoms with van der Waals surface area (Å²) in [5, 5.41) is 0. The van der Waals surface area contributed by atoms with E-state index in [1.807, 2.05) is 18.2 Å². The van der Waals surface area contributed by atoms with Crippen LogP contribution in [-0.2, 0) is 4.74 Å². The Morgan fingerprint density at radius 3 is 2.79 bits per heavy atom. The third-order valence-corrected chi connectivity index (χ3v) is 3.80. The third-order valence-electron chi connectivity index (χ3n) is 3.80. The van der Waals surface area contributed by atoms with Crippen molar-refractivity contribution in [1.29, 1.82) is 0 Å². The van der Waals surface area contributed by atoms with Crippen molar-refractivity contribution in [3.63, 3.8) is 0 Å². The summed E-state index contributed by atoms with van der Waals surface area (Å²) in [6.07, 6.45) is 4.78. The van der Waals surface area contributed by atoms with Gasteiger partial charge >= 0.3 is 0 Å². The molecule has 2 rings (SSSR count). The predicted molar refractivity (Wildman–Crippen MR) is 77.3 cm³/mol. The van der Waals surface area contributed by atoms with Crippen molar-refractivity contribution < 1.29 is 9.47 Å². The van der Waals surface area contributed by atoms with Gasteiger partial charge in [-0.05, 0) is 36.5 Å². The first-order chi connectivity index (χ1) is 9.24. The maximum atomic E-state index is 6.21. The lowest BCUT2D eigenvalue weighted by molar-refractivity contribution is 0.0298. The summed E-state index contributed by atoms with van der Waals surface area (Å²) in [5.41, 5.74) is 7.32. The zero-order valence-corrected chi connectivity index (χ0v) is 12.0. The van der Waals surface area contributed by atoms with Crippen molar-refractivity contribution in [3.05, 3.63) is 29.8 Å². The molecule has 3 nitrogen and oxygen atoms in total. The molecule has 0 aliphatic heterocycles. The predicted octanol–water partition coefficient (Wildman–Crippen LogP) is 3.29. The van der Waals surface area contributed by atoms with Gasteiger partial charge in [-0.15, -0.1) is 0 Å². The molecule has 1 aromatic carbocycles. The topological polar surface area (TPSA) is 44.5 Å². The number of rotatable bonds is 8. The number of nitrogens with two attached hydrogens (primary N) is 1. The molecule has 1 aliphatic rings. The highest BCUT2D eigenvalue weighted by Crippen LogP contribution is 2.33. The van der Waals surface area contributed by atoms with Crippen molar-refractivity contribution in [2.24, 2.45) is 11.7 Å². The van der Waals surface area contributed by atoms with Crippen LogP contribution in [0.1, 0.15) is 44.3 Å². The summed E-state index contributed by atoms with van der Waals surface area (Å²) in [6, 6.07) is 8.07. The highest BCUT2D eigenvalue weighted by atomic mass is 16.5. The van der Waals surface area contributed by atoms with Crippen LogP contribution in [0.25, 0.3) is 0 Å². The Morgan fingerprint density at radius 1 is 1.37 bits per heavy atom. The Bertz CT molecular complexity index is 390. The molecule has 0 bridgehead atoms. The average molecular weight is 263 g/mol. The fraction of sp³-hybridized carbons (Fsp3) is 0.625. The molecule has 0 spiro atoms. The minimum absolute atomic E-state index is 0.0288. The van der Waals surface area contributed by atoms with Crippen LogP contribution in [0.15, 0.2) is 24.3 Å². The third kappa shape index (κ3) is 4.22. The van der Waals surface area contributed by atoms with Crippen LogP contribution < -0.4 is 10.5 Å². The number of hydrogen-bond acceptors (Lipinski definition) is 3. The largest absolute Gasteiger partial charge is 0.497 e. The fourth-order valence-electron chi connectivity index (χ4n) is 2.27. The molecule has 0 amide bonds. The monoisotopic (exact) mass is 263 g/mol. The normalized spacial score (nSPS) is 18.1. The molecule has 106 valence electrons. The van der Waals surface area contributed by atoms with E-state index in [0.29, 0.717) is 0 Å². The van der Waals surface area contributed by atoms with Gasteiger partial charge in [-0.25, -0.2) is 0 Å².